The Morgan fingerprint density at radius 3 is 2.65 bits per heavy atom. The van der Waals surface area contributed by atoms with Crippen LogP contribution in [0.25, 0.3) is 22.4 Å². The van der Waals surface area contributed by atoms with Crippen molar-refractivity contribution in [1.82, 2.24) is 23.7 Å². The monoisotopic (exact) mass is 513 g/mol. The zero-order valence-corrected chi connectivity index (χ0v) is 21.6. The maximum absolute atomic E-state index is 13.4. The number of para-hydroxylation sites is 2. The van der Waals surface area contributed by atoms with Crippen LogP contribution in [0.5, 0.6) is 0 Å². The van der Waals surface area contributed by atoms with Gasteiger partial charge in [0.1, 0.15) is 0 Å². The lowest BCUT2D eigenvalue weighted by molar-refractivity contribution is 0.0957. The van der Waals surface area contributed by atoms with Crippen LogP contribution in [-0.4, -0.2) is 48.0 Å². The Balaban J connectivity index is 1.34. The second kappa shape index (κ2) is 9.64. The fraction of sp³-hybridized carbons (Fsp3) is 0.286. The first-order valence-corrected chi connectivity index (χ1v) is 13.4. The number of Topliss-reactive ketones (excluding diaryl/α,β-unsaturated/α-hetero) is 1. The van der Waals surface area contributed by atoms with E-state index in [2.05, 4.69) is 14.8 Å². The molecule has 0 bridgehead atoms. The highest BCUT2D eigenvalue weighted by atomic mass is 32.2. The number of ether oxygens (including phenoxy) is 1. The number of thioether (sulfide) groups is 1. The molecule has 2 aromatic carbocycles. The number of carbonyl (C=O) groups is 1. The van der Waals surface area contributed by atoms with Crippen LogP contribution in [-0.2, 0) is 11.3 Å². The van der Waals surface area contributed by atoms with Gasteiger partial charge in [-0.2, -0.15) is 0 Å². The van der Waals surface area contributed by atoms with Gasteiger partial charge in [0.05, 0.1) is 28.4 Å². The molecule has 6 rings (SSSR count). The molecule has 4 heterocycles. The molecule has 1 aliphatic heterocycles. The Hall–Kier alpha value is -3.69. The van der Waals surface area contributed by atoms with E-state index >= 15 is 0 Å². The Morgan fingerprint density at radius 1 is 1.08 bits per heavy atom. The van der Waals surface area contributed by atoms with E-state index in [9.17, 15) is 9.59 Å². The Labute approximate surface area is 217 Å². The maximum atomic E-state index is 13.4. The SMILES string of the molecule is Cc1cc(C(=O)CSc2nnc3n(-c4ccccc4)c(=O)c4ccccc4n23)c(C)n1C[C@H]1CCCO1. The van der Waals surface area contributed by atoms with Crippen LogP contribution < -0.4 is 5.56 Å². The predicted molar refractivity (Wildman–Crippen MR) is 144 cm³/mol. The summed E-state index contributed by atoms with van der Waals surface area (Å²) in [6, 6.07) is 18.8. The highest BCUT2D eigenvalue weighted by molar-refractivity contribution is 7.99. The molecule has 0 amide bonds. The lowest BCUT2D eigenvalue weighted by Crippen LogP contribution is -2.21. The van der Waals surface area contributed by atoms with Crippen LogP contribution in [0.4, 0.5) is 0 Å². The van der Waals surface area contributed by atoms with Crippen molar-refractivity contribution in [3.05, 3.63) is 88.0 Å². The number of nitrogens with zero attached hydrogens (tertiary/aromatic N) is 5. The second-order valence-corrected chi connectivity index (χ2v) is 10.3. The number of rotatable bonds is 7. The summed E-state index contributed by atoms with van der Waals surface area (Å²) in [6.07, 6.45) is 2.35. The molecule has 188 valence electrons. The average Bonchev–Trinajstić information content (AvgIpc) is 3.65. The third-order valence-corrected chi connectivity index (χ3v) is 7.95. The smallest absolute Gasteiger partial charge is 0.267 e. The van der Waals surface area contributed by atoms with E-state index in [1.165, 1.54) is 11.8 Å². The topological polar surface area (TPSA) is 83.4 Å². The van der Waals surface area contributed by atoms with Gasteiger partial charge in [0.25, 0.3) is 5.56 Å². The van der Waals surface area contributed by atoms with Gasteiger partial charge in [0, 0.05) is 30.1 Å². The molecule has 0 spiro atoms. The molecule has 0 aliphatic carbocycles. The molecule has 5 aromatic rings. The van der Waals surface area contributed by atoms with E-state index in [1.54, 1.807) is 10.6 Å². The van der Waals surface area contributed by atoms with Crippen LogP contribution >= 0.6 is 11.8 Å². The highest BCUT2D eigenvalue weighted by Crippen LogP contribution is 2.26. The first-order valence-electron chi connectivity index (χ1n) is 12.4. The number of hydrogen-bond donors (Lipinski definition) is 0. The number of benzene rings is 2. The highest BCUT2D eigenvalue weighted by Gasteiger charge is 2.23. The van der Waals surface area contributed by atoms with Crippen molar-refractivity contribution in [3.8, 4) is 5.69 Å². The van der Waals surface area contributed by atoms with E-state index in [0.717, 1.165) is 42.9 Å². The van der Waals surface area contributed by atoms with Gasteiger partial charge in [-0.25, -0.2) is 4.57 Å². The molecule has 0 N–H and O–H groups in total. The van der Waals surface area contributed by atoms with Crippen molar-refractivity contribution < 1.29 is 9.53 Å². The van der Waals surface area contributed by atoms with Crippen LogP contribution in [0.1, 0.15) is 34.6 Å². The zero-order valence-electron chi connectivity index (χ0n) is 20.8. The Kier molecular flexibility index (Phi) is 6.18. The molecule has 1 atom stereocenters. The zero-order chi connectivity index (χ0) is 25.5. The van der Waals surface area contributed by atoms with Gasteiger partial charge >= 0.3 is 0 Å². The van der Waals surface area contributed by atoms with E-state index in [4.69, 9.17) is 4.74 Å². The molecule has 0 radical (unpaired) electrons. The summed E-state index contributed by atoms with van der Waals surface area (Å²) in [4.78, 5) is 26.7. The average molecular weight is 514 g/mol. The summed E-state index contributed by atoms with van der Waals surface area (Å²) >= 11 is 1.33. The first kappa shape index (κ1) is 23.7. The lowest BCUT2D eigenvalue weighted by Gasteiger charge is -2.14. The number of hydrogen-bond acceptors (Lipinski definition) is 6. The number of aromatic nitrogens is 5. The quantitative estimate of drug-likeness (QED) is 0.234. The third kappa shape index (κ3) is 4.18. The van der Waals surface area contributed by atoms with Crippen molar-refractivity contribution in [2.24, 2.45) is 0 Å². The van der Waals surface area contributed by atoms with Gasteiger partial charge in [-0.15, -0.1) is 10.2 Å². The third-order valence-electron chi connectivity index (χ3n) is 7.03. The summed E-state index contributed by atoms with van der Waals surface area (Å²) in [5.41, 5.74) is 4.02. The molecule has 37 heavy (non-hydrogen) atoms. The summed E-state index contributed by atoms with van der Waals surface area (Å²) in [5.74, 6) is 0.665. The molecular weight excluding hydrogens is 486 g/mol. The molecule has 9 heteroatoms. The van der Waals surface area contributed by atoms with Crippen molar-refractivity contribution in [3.63, 3.8) is 0 Å². The number of carbonyl (C=O) groups excluding carboxylic acids is 1. The second-order valence-electron chi connectivity index (χ2n) is 9.35. The summed E-state index contributed by atoms with van der Waals surface area (Å²) in [6.45, 7) is 5.62. The minimum Gasteiger partial charge on any atom is -0.376 e. The van der Waals surface area contributed by atoms with Crippen LogP contribution in [0.3, 0.4) is 0 Å². The van der Waals surface area contributed by atoms with Crippen molar-refractivity contribution in [2.45, 2.75) is 44.5 Å². The van der Waals surface area contributed by atoms with E-state index in [1.807, 2.05) is 72.8 Å². The van der Waals surface area contributed by atoms with E-state index in [-0.39, 0.29) is 23.2 Å². The van der Waals surface area contributed by atoms with Crippen LogP contribution in [0.15, 0.2) is 70.6 Å². The molecule has 0 saturated carbocycles. The molecule has 1 aliphatic rings. The lowest BCUT2D eigenvalue weighted by atomic mass is 10.2. The molecular formula is C28H27N5O3S. The van der Waals surface area contributed by atoms with Crippen LogP contribution in [0, 0.1) is 13.8 Å². The minimum atomic E-state index is -0.159. The summed E-state index contributed by atoms with van der Waals surface area (Å²) in [7, 11) is 0. The Bertz CT molecular complexity index is 1680. The molecule has 3 aromatic heterocycles. The number of ketones is 1. The molecule has 8 nitrogen and oxygen atoms in total. The molecule has 0 unspecified atom stereocenters. The van der Waals surface area contributed by atoms with Crippen LogP contribution in [0.2, 0.25) is 0 Å². The summed E-state index contributed by atoms with van der Waals surface area (Å²) < 4.78 is 11.4. The number of fused-ring (bicyclic) bond motifs is 3. The van der Waals surface area contributed by atoms with E-state index in [0.29, 0.717) is 27.5 Å². The van der Waals surface area contributed by atoms with Gasteiger partial charge in [-0.3, -0.25) is 14.0 Å². The molecule has 1 fully saturated rings. The van der Waals surface area contributed by atoms with Gasteiger partial charge in [0.15, 0.2) is 10.9 Å². The number of aryl methyl sites for hydroxylation is 1. The van der Waals surface area contributed by atoms with Gasteiger partial charge in [-0.1, -0.05) is 42.1 Å². The Morgan fingerprint density at radius 2 is 1.86 bits per heavy atom. The standard InChI is InChI=1S/C28H27N5O3S/c1-18-15-23(19(2)31(18)16-21-11-8-14-36-21)25(34)17-37-28-30-29-27-32(20-9-4-3-5-10-20)26(35)22-12-6-7-13-24(22)33(27)28/h3-7,9-10,12-13,15,21H,8,11,14,16-17H2,1-2H3/t21-/m1/s1. The van der Waals surface area contributed by atoms with Crippen molar-refractivity contribution in [2.75, 3.05) is 12.4 Å². The maximum Gasteiger partial charge on any atom is 0.267 e. The van der Waals surface area contributed by atoms with Crippen molar-refractivity contribution >= 4 is 34.2 Å². The fourth-order valence-electron chi connectivity index (χ4n) is 5.15. The van der Waals surface area contributed by atoms with Gasteiger partial charge in [-0.05, 0) is 57.0 Å². The van der Waals surface area contributed by atoms with Crippen molar-refractivity contribution in [1.29, 1.82) is 0 Å². The van der Waals surface area contributed by atoms with Gasteiger partial charge in [0.2, 0.25) is 5.78 Å². The fourth-order valence-corrected chi connectivity index (χ4v) is 5.97. The normalized spacial score (nSPS) is 15.7. The van der Waals surface area contributed by atoms with Gasteiger partial charge < -0.3 is 9.30 Å². The van der Waals surface area contributed by atoms with E-state index < -0.39 is 0 Å². The minimum absolute atomic E-state index is 0.0362. The summed E-state index contributed by atoms with van der Waals surface area (Å²) in [5, 5.41) is 9.90. The predicted octanol–water partition coefficient (Wildman–Crippen LogP) is 4.61. The first-order chi connectivity index (χ1) is 18.0. The largest absolute Gasteiger partial charge is 0.376 e. The molecule has 1 saturated heterocycles.